The summed E-state index contributed by atoms with van der Waals surface area (Å²) in [5.74, 6) is 0. The molecule has 7 nitrogen and oxygen atoms in total. The van der Waals surface area contributed by atoms with Crippen LogP contribution in [0.3, 0.4) is 0 Å². The first-order chi connectivity index (χ1) is 14.8. The number of aliphatic hydroxyl groups is 1. The van der Waals surface area contributed by atoms with Crippen molar-refractivity contribution < 1.29 is 9.52 Å². The number of furan rings is 1. The van der Waals surface area contributed by atoms with Crippen LogP contribution in [0.1, 0.15) is 11.3 Å². The standard InChI is InChI=1S/C23H21N5O2/c1-14-12-27(13-29)23-19(14)16(5-7-25-23)20-18-11-24-8-9-28(18)26-21(20)17-4-2-3-15-6-10-30-22(15)17/h2-7,10,12,24,29H,8-9,11,13H2,1H3. The fraction of sp³-hybridized carbons (Fsp3) is 0.217. The molecule has 30 heavy (non-hydrogen) atoms. The van der Waals surface area contributed by atoms with Gasteiger partial charge in [0.1, 0.15) is 23.7 Å². The quantitative estimate of drug-likeness (QED) is 0.484. The van der Waals surface area contributed by atoms with Crippen molar-refractivity contribution >= 4 is 22.0 Å². The van der Waals surface area contributed by atoms with E-state index < -0.39 is 0 Å². The smallest absolute Gasteiger partial charge is 0.143 e. The number of hydrogen-bond donors (Lipinski definition) is 2. The molecule has 0 saturated heterocycles. The van der Waals surface area contributed by atoms with Crippen LogP contribution in [0.25, 0.3) is 44.4 Å². The predicted octanol–water partition coefficient (Wildman–Crippen LogP) is 3.67. The van der Waals surface area contributed by atoms with Crippen LogP contribution < -0.4 is 5.32 Å². The second kappa shape index (κ2) is 6.55. The van der Waals surface area contributed by atoms with Crippen LogP contribution in [0.15, 0.2) is 53.4 Å². The van der Waals surface area contributed by atoms with Crippen molar-refractivity contribution in [2.24, 2.45) is 0 Å². The van der Waals surface area contributed by atoms with Gasteiger partial charge < -0.3 is 19.4 Å². The van der Waals surface area contributed by atoms with Gasteiger partial charge in [-0.05, 0) is 36.2 Å². The average molecular weight is 399 g/mol. The van der Waals surface area contributed by atoms with Gasteiger partial charge in [-0.25, -0.2) is 4.98 Å². The monoisotopic (exact) mass is 399 g/mol. The number of benzene rings is 1. The highest BCUT2D eigenvalue weighted by Gasteiger charge is 2.26. The van der Waals surface area contributed by atoms with Crippen molar-refractivity contribution in [3.05, 3.63) is 60.2 Å². The van der Waals surface area contributed by atoms with E-state index >= 15 is 0 Å². The van der Waals surface area contributed by atoms with Gasteiger partial charge in [0, 0.05) is 47.4 Å². The zero-order valence-electron chi connectivity index (χ0n) is 16.6. The van der Waals surface area contributed by atoms with Crippen LogP contribution in [-0.2, 0) is 19.8 Å². The van der Waals surface area contributed by atoms with Crippen LogP contribution in [0.4, 0.5) is 0 Å². The number of fused-ring (bicyclic) bond motifs is 3. The summed E-state index contributed by atoms with van der Waals surface area (Å²) in [6.45, 7) is 4.42. The number of aliphatic hydroxyl groups excluding tert-OH is 1. The third-order valence-corrected chi connectivity index (χ3v) is 5.95. The van der Waals surface area contributed by atoms with Gasteiger partial charge in [-0.3, -0.25) is 4.68 Å². The summed E-state index contributed by atoms with van der Waals surface area (Å²) in [6.07, 6.45) is 5.48. The molecule has 0 fully saturated rings. The van der Waals surface area contributed by atoms with Crippen molar-refractivity contribution in [3.8, 4) is 22.4 Å². The minimum absolute atomic E-state index is 0.104. The Kier molecular flexibility index (Phi) is 3.81. The van der Waals surface area contributed by atoms with Gasteiger partial charge in [0.05, 0.1) is 18.5 Å². The van der Waals surface area contributed by atoms with E-state index in [2.05, 4.69) is 40.1 Å². The van der Waals surface area contributed by atoms with Gasteiger partial charge in [0.2, 0.25) is 0 Å². The highest BCUT2D eigenvalue weighted by atomic mass is 16.3. The second-order valence-electron chi connectivity index (χ2n) is 7.70. The molecule has 0 unspecified atom stereocenters. The Bertz CT molecular complexity index is 1410. The fourth-order valence-electron chi connectivity index (χ4n) is 4.64. The first-order valence-electron chi connectivity index (χ1n) is 10.1. The van der Waals surface area contributed by atoms with Gasteiger partial charge in [-0.15, -0.1) is 0 Å². The minimum Gasteiger partial charge on any atom is -0.464 e. The average Bonchev–Trinajstić information content (AvgIpc) is 3.48. The number of nitrogens with one attached hydrogen (secondary N) is 1. The summed E-state index contributed by atoms with van der Waals surface area (Å²) in [7, 11) is 0. The molecule has 0 saturated carbocycles. The topological polar surface area (TPSA) is 81.0 Å². The van der Waals surface area contributed by atoms with Crippen molar-refractivity contribution in [2.45, 2.75) is 26.7 Å². The molecule has 2 N–H and O–H groups in total. The van der Waals surface area contributed by atoms with E-state index in [9.17, 15) is 5.11 Å². The highest BCUT2D eigenvalue weighted by molar-refractivity contribution is 6.03. The Hall–Kier alpha value is -3.42. The Morgan fingerprint density at radius 2 is 2.13 bits per heavy atom. The number of aromatic nitrogens is 4. The number of aryl methyl sites for hydroxylation is 1. The molecular weight excluding hydrogens is 378 g/mol. The van der Waals surface area contributed by atoms with E-state index in [-0.39, 0.29) is 6.73 Å². The zero-order valence-corrected chi connectivity index (χ0v) is 16.6. The van der Waals surface area contributed by atoms with Gasteiger partial charge in [0.25, 0.3) is 0 Å². The molecule has 1 aliphatic rings. The lowest BCUT2D eigenvalue weighted by atomic mass is 9.95. The van der Waals surface area contributed by atoms with Crippen molar-refractivity contribution in [1.29, 1.82) is 0 Å². The molecule has 0 radical (unpaired) electrons. The van der Waals surface area contributed by atoms with Crippen molar-refractivity contribution in [2.75, 3.05) is 6.54 Å². The predicted molar refractivity (Wildman–Crippen MR) is 115 cm³/mol. The highest BCUT2D eigenvalue weighted by Crippen LogP contribution is 2.41. The minimum atomic E-state index is -0.104. The summed E-state index contributed by atoms with van der Waals surface area (Å²) >= 11 is 0. The molecule has 150 valence electrons. The first-order valence-corrected chi connectivity index (χ1v) is 10.1. The molecule has 1 aliphatic heterocycles. The number of pyridine rings is 1. The fourth-order valence-corrected chi connectivity index (χ4v) is 4.64. The van der Waals surface area contributed by atoms with E-state index in [1.54, 1.807) is 17.0 Å². The van der Waals surface area contributed by atoms with Gasteiger partial charge in [0.15, 0.2) is 0 Å². The summed E-state index contributed by atoms with van der Waals surface area (Å²) in [4.78, 5) is 4.54. The Morgan fingerprint density at radius 3 is 3.03 bits per heavy atom. The number of nitrogens with zero attached hydrogens (tertiary/aromatic N) is 4. The molecule has 6 rings (SSSR count). The Labute approximate surface area is 172 Å². The lowest BCUT2D eigenvalue weighted by Gasteiger charge is -2.16. The molecular formula is C23H21N5O2. The lowest BCUT2D eigenvalue weighted by molar-refractivity contribution is 0.214. The van der Waals surface area contributed by atoms with Gasteiger partial charge in [-0.1, -0.05) is 12.1 Å². The van der Waals surface area contributed by atoms with Crippen LogP contribution >= 0.6 is 0 Å². The summed E-state index contributed by atoms with van der Waals surface area (Å²) in [5.41, 5.74) is 7.92. The molecule has 0 bridgehead atoms. The molecule has 0 aliphatic carbocycles. The third-order valence-electron chi connectivity index (χ3n) is 5.95. The maximum absolute atomic E-state index is 9.77. The Morgan fingerprint density at radius 1 is 1.20 bits per heavy atom. The third kappa shape index (κ3) is 2.39. The molecule has 0 spiro atoms. The number of rotatable bonds is 3. The normalized spacial score (nSPS) is 13.9. The van der Waals surface area contributed by atoms with E-state index in [0.717, 1.165) is 75.3 Å². The molecule has 0 atom stereocenters. The molecule has 5 heterocycles. The van der Waals surface area contributed by atoms with Crippen molar-refractivity contribution in [3.63, 3.8) is 0 Å². The molecule has 1 aromatic carbocycles. The van der Waals surface area contributed by atoms with Crippen LogP contribution in [0.2, 0.25) is 0 Å². The van der Waals surface area contributed by atoms with E-state index in [4.69, 9.17) is 9.52 Å². The van der Waals surface area contributed by atoms with Crippen LogP contribution in [0, 0.1) is 6.92 Å². The van der Waals surface area contributed by atoms with Gasteiger partial charge in [-0.2, -0.15) is 5.10 Å². The molecule has 7 heteroatoms. The van der Waals surface area contributed by atoms with Gasteiger partial charge >= 0.3 is 0 Å². The summed E-state index contributed by atoms with van der Waals surface area (Å²) in [6, 6.07) is 10.2. The largest absolute Gasteiger partial charge is 0.464 e. The summed E-state index contributed by atoms with van der Waals surface area (Å²) < 4.78 is 9.72. The SMILES string of the molecule is Cc1cn(CO)c2nccc(-c3c(-c4cccc5ccoc45)nn4c3CNCC4)c12. The molecule has 4 aromatic heterocycles. The van der Waals surface area contributed by atoms with Crippen LogP contribution in [0.5, 0.6) is 0 Å². The zero-order chi connectivity index (χ0) is 20.2. The van der Waals surface area contributed by atoms with E-state index in [1.807, 2.05) is 18.3 Å². The van der Waals surface area contributed by atoms with Crippen LogP contribution in [-0.4, -0.2) is 31.0 Å². The molecule has 0 amide bonds. The van der Waals surface area contributed by atoms with E-state index in [1.165, 1.54) is 0 Å². The summed E-state index contributed by atoms with van der Waals surface area (Å²) in [5, 5.41) is 20.4. The first kappa shape index (κ1) is 17.4. The number of hydrogen-bond acceptors (Lipinski definition) is 5. The number of para-hydroxylation sites is 1. The maximum Gasteiger partial charge on any atom is 0.143 e. The lowest BCUT2D eigenvalue weighted by Crippen LogP contribution is -2.28. The maximum atomic E-state index is 9.77. The van der Waals surface area contributed by atoms with E-state index in [0.29, 0.717) is 0 Å². The second-order valence-corrected chi connectivity index (χ2v) is 7.70. The molecule has 5 aromatic rings. The van der Waals surface area contributed by atoms with Crippen molar-refractivity contribution in [1.82, 2.24) is 24.6 Å². The Balaban J connectivity index is 1.71.